The molecular formula is C19H20N2O2. The molecule has 0 amide bonds. The second-order valence-corrected chi connectivity index (χ2v) is 4.64. The molecule has 2 rings (SSSR count). The van der Waals surface area contributed by atoms with Gasteiger partial charge in [0.05, 0.1) is 11.9 Å². The van der Waals surface area contributed by atoms with Crippen LogP contribution < -0.4 is 14.9 Å². The topological polar surface area (TPSA) is 42.8 Å². The molecule has 0 saturated carbocycles. The minimum atomic E-state index is 0.415. The van der Waals surface area contributed by atoms with Crippen LogP contribution in [0.1, 0.15) is 5.56 Å². The lowest BCUT2D eigenvalue weighted by atomic mass is 10.2. The van der Waals surface area contributed by atoms with Gasteiger partial charge < -0.3 is 9.47 Å². The van der Waals surface area contributed by atoms with Crippen LogP contribution in [0.5, 0.6) is 11.5 Å². The molecule has 0 aliphatic heterocycles. The number of ether oxygens (including phenoxy) is 2. The summed E-state index contributed by atoms with van der Waals surface area (Å²) in [5, 5.41) is 4.23. The molecule has 0 saturated heterocycles. The lowest BCUT2D eigenvalue weighted by molar-refractivity contribution is 0.344. The van der Waals surface area contributed by atoms with Crippen LogP contribution in [0.15, 0.2) is 78.9 Å². The van der Waals surface area contributed by atoms with E-state index in [1.165, 1.54) is 0 Å². The Morgan fingerprint density at radius 1 is 0.957 bits per heavy atom. The maximum atomic E-state index is 5.67. The highest BCUT2D eigenvalue weighted by atomic mass is 16.5. The smallest absolute Gasteiger partial charge is 0.132 e. The zero-order valence-electron chi connectivity index (χ0n) is 12.9. The van der Waals surface area contributed by atoms with Crippen molar-refractivity contribution >= 4 is 11.9 Å². The molecule has 0 heterocycles. The number of para-hydroxylation sites is 1. The van der Waals surface area contributed by atoms with E-state index in [9.17, 15) is 0 Å². The van der Waals surface area contributed by atoms with Crippen LogP contribution in [-0.2, 0) is 0 Å². The number of benzene rings is 2. The van der Waals surface area contributed by atoms with Crippen molar-refractivity contribution in [3.8, 4) is 11.5 Å². The van der Waals surface area contributed by atoms with Crippen LogP contribution >= 0.6 is 0 Å². The summed E-state index contributed by atoms with van der Waals surface area (Å²) in [7, 11) is 0. The summed E-state index contributed by atoms with van der Waals surface area (Å²) in [6, 6.07) is 15.3. The number of hydrazone groups is 1. The maximum absolute atomic E-state index is 5.67. The van der Waals surface area contributed by atoms with Gasteiger partial charge in [0.1, 0.15) is 24.7 Å². The molecule has 0 fully saturated rings. The zero-order chi connectivity index (χ0) is 16.3. The van der Waals surface area contributed by atoms with Gasteiger partial charge in [-0.15, -0.1) is 0 Å². The van der Waals surface area contributed by atoms with E-state index in [1.54, 1.807) is 18.4 Å². The van der Waals surface area contributed by atoms with Gasteiger partial charge in [0.15, 0.2) is 0 Å². The minimum absolute atomic E-state index is 0.415. The molecule has 0 aliphatic carbocycles. The van der Waals surface area contributed by atoms with E-state index in [1.807, 2.05) is 48.5 Å². The highest BCUT2D eigenvalue weighted by Crippen LogP contribution is 2.24. The molecule has 23 heavy (non-hydrogen) atoms. The second kappa shape index (κ2) is 9.10. The lowest BCUT2D eigenvalue weighted by Crippen LogP contribution is -2.00. The van der Waals surface area contributed by atoms with E-state index in [0.717, 1.165) is 17.0 Å². The zero-order valence-corrected chi connectivity index (χ0v) is 12.9. The molecule has 4 heteroatoms. The standard InChI is InChI=1S/C19H20N2O2/c1-3-12-22-18-11-10-16(19(14-18)23-13-4-2)15-20-21-17-8-6-5-7-9-17/h3-11,14-15,21H,1-2,12-13H2. The van der Waals surface area contributed by atoms with Crippen molar-refractivity contribution in [2.75, 3.05) is 18.6 Å². The Hall–Kier alpha value is -3.01. The highest BCUT2D eigenvalue weighted by Gasteiger charge is 2.04. The fraction of sp³-hybridized carbons (Fsp3) is 0.105. The van der Waals surface area contributed by atoms with Crippen LogP contribution in [0, 0.1) is 0 Å². The van der Waals surface area contributed by atoms with Crippen molar-refractivity contribution in [2.24, 2.45) is 5.10 Å². The van der Waals surface area contributed by atoms with Gasteiger partial charge in [-0.1, -0.05) is 43.5 Å². The molecule has 0 spiro atoms. The average molecular weight is 308 g/mol. The summed E-state index contributed by atoms with van der Waals surface area (Å²) in [6.07, 6.45) is 5.10. The van der Waals surface area contributed by atoms with Gasteiger partial charge in [-0.05, 0) is 24.3 Å². The second-order valence-electron chi connectivity index (χ2n) is 4.64. The Balaban J connectivity index is 2.11. The number of hydrogen-bond acceptors (Lipinski definition) is 4. The van der Waals surface area contributed by atoms with Crippen LogP contribution in [0.3, 0.4) is 0 Å². The van der Waals surface area contributed by atoms with Gasteiger partial charge in [-0.3, -0.25) is 5.43 Å². The summed E-state index contributed by atoms with van der Waals surface area (Å²) < 4.78 is 11.2. The van der Waals surface area contributed by atoms with Crippen LogP contribution in [0.4, 0.5) is 5.69 Å². The molecule has 0 unspecified atom stereocenters. The first-order chi connectivity index (χ1) is 11.3. The van der Waals surface area contributed by atoms with E-state index >= 15 is 0 Å². The number of anilines is 1. The van der Waals surface area contributed by atoms with Crippen molar-refractivity contribution in [2.45, 2.75) is 0 Å². The third kappa shape index (κ3) is 5.36. The van der Waals surface area contributed by atoms with E-state index in [0.29, 0.717) is 19.0 Å². The first-order valence-electron chi connectivity index (χ1n) is 7.29. The van der Waals surface area contributed by atoms with Gasteiger partial charge >= 0.3 is 0 Å². The molecule has 1 N–H and O–H groups in total. The average Bonchev–Trinajstić information content (AvgIpc) is 2.60. The van der Waals surface area contributed by atoms with Gasteiger partial charge in [0.25, 0.3) is 0 Å². The Morgan fingerprint density at radius 3 is 2.43 bits per heavy atom. The van der Waals surface area contributed by atoms with Gasteiger partial charge in [0.2, 0.25) is 0 Å². The molecule has 0 aromatic heterocycles. The number of nitrogens with one attached hydrogen (secondary N) is 1. The van der Waals surface area contributed by atoms with Gasteiger partial charge in [-0.25, -0.2) is 0 Å². The quantitative estimate of drug-likeness (QED) is 0.427. The predicted molar refractivity (Wildman–Crippen MR) is 95.5 cm³/mol. The Bertz CT molecular complexity index is 666. The van der Waals surface area contributed by atoms with Crippen molar-refractivity contribution < 1.29 is 9.47 Å². The van der Waals surface area contributed by atoms with Crippen molar-refractivity contribution in [3.63, 3.8) is 0 Å². The fourth-order valence-corrected chi connectivity index (χ4v) is 1.83. The Morgan fingerprint density at radius 2 is 1.70 bits per heavy atom. The normalized spacial score (nSPS) is 10.3. The van der Waals surface area contributed by atoms with Crippen LogP contribution in [0.25, 0.3) is 0 Å². The molecule has 118 valence electrons. The predicted octanol–water partition coefficient (Wildman–Crippen LogP) is 4.26. The minimum Gasteiger partial charge on any atom is -0.489 e. The van der Waals surface area contributed by atoms with Crippen molar-refractivity contribution in [3.05, 3.63) is 79.4 Å². The maximum Gasteiger partial charge on any atom is 0.132 e. The lowest BCUT2D eigenvalue weighted by Gasteiger charge is -2.10. The summed E-state index contributed by atoms with van der Waals surface area (Å²) in [5.41, 5.74) is 4.74. The summed E-state index contributed by atoms with van der Waals surface area (Å²) in [6.45, 7) is 8.16. The molecular weight excluding hydrogens is 288 g/mol. The number of rotatable bonds is 9. The highest BCUT2D eigenvalue weighted by molar-refractivity contribution is 5.84. The fourth-order valence-electron chi connectivity index (χ4n) is 1.83. The first-order valence-corrected chi connectivity index (χ1v) is 7.29. The van der Waals surface area contributed by atoms with Crippen molar-refractivity contribution in [1.29, 1.82) is 0 Å². The van der Waals surface area contributed by atoms with Gasteiger partial charge in [-0.2, -0.15) is 5.10 Å². The van der Waals surface area contributed by atoms with Crippen LogP contribution in [0.2, 0.25) is 0 Å². The molecule has 0 radical (unpaired) electrons. The molecule has 2 aromatic rings. The van der Waals surface area contributed by atoms with Gasteiger partial charge in [0, 0.05) is 11.6 Å². The Labute approximate surface area is 136 Å². The third-order valence-corrected chi connectivity index (χ3v) is 2.88. The van der Waals surface area contributed by atoms with Crippen molar-refractivity contribution in [1.82, 2.24) is 0 Å². The molecule has 2 aromatic carbocycles. The monoisotopic (exact) mass is 308 g/mol. The van der Waals surface area contributed by atoms with E-state index < -0.39 is 0 Å². The van der Waals surface area contributed by atoms with E-state index in [4.69, 9.17) is 9.47 Å². The SMILES string of the molecule is C=CCOc1ccc(C=NNc2ccccc2)c(OCC=C)c1. The molecule has 0 bridgehead atoms. The number of hydrogen-bond donors (Lipinski definition) is 1. The van der Waals surface area contributed by atoms with E-state index in [2.05, 4.69) is 23.7 Å². The summed E-state index contributed by atoms with van der Waals surface area (Å²) >= 11 is 0. The van der Waals surface area contributed by atoms with E-state index in [-0.39, 0.29) is 0 Å². The summed E-state index contributed by atoms with van der Waals surface area (Å²) in [4.78, 5) is 0. The Kier molecular flexibility index (Phi) is 6.47. The first kappa shape index (κ1) is 16.4. The summed E-state index contributed by atoms with van der Waals surface area (Å²) in [5.74, 6) is 1.40. The number of nitrogens with zero attached hydrogens (tertiary/aromatic N) is 1. The third-order valence-electron chi connectivity index (χ3n) is 2.88. The molecule has 0 atom stereocenters. The molecule has 4 nitrogen and oxygen atoms in total. The largest absolute Gasteiger partial charge is 0.489 e. The molecule has 0 aliphatic rings. The van der Waals surface area contributed by atoms with Crippen LogP contribution in [-0.4, -0.2) is 19.4 Å².